The predicted molar refractivity (Wildman–Crippen MR) is 105 cm³/mol. The molecule has 0 aliphatic heterocycles. The zero-order valence-corrected chi connectivity index (χ0v) is 16.6. The van der Waals surface area contributed by atoms with Gasteiger partial charge in [0, 0.05) is 11.5 Å². The van der Waals surface area contributed by atoms with Gasteiger partial charge in [0.25, 0.3) is 0 Å². The van der Waals surface area contributed by atoms with Crippen LogP contribution in [0.25, 0.3) is 0 Å². The molecule has 0 aromatic heterocycles. The van der Waals surface area contributed by atoms with Crippen LogP contribution in [-0.2, 0) is 6.42 Å². The molecule has 1 aromatic carbocycles. The maximum atomic E-state index is 10.8. The van der Waals surface area contributed by atoms with E-state index in [0.717, 1.165) is 54.1 Å². The quantitative estimate of drug-likeness (QED) is 0.422. The normalized spacial score (nSPS) is 20.8. The van der Waals surface area contributed by atoms with Crippen molar-refractivity contribution in [2.75, 3.05) is 0 Å². The van der Waals surface area contributed by atoms with Crippen molar-refractivity contribution >= 4 is 15.9 Å². The zero-order chi connectivity index (χ0) is 17.9. The third-order valence-electron chi connectivity index (χ3n) is 5.10. The zero-order valence-electron chi connectivity index (χ0n) is 15.0. The summed E-state index contributed by atoms with van der Waals surface area (Å²) in [6.07, 6.45) is 8.46. The lowest BCUT2D eigenvalue weighted by Gasteiger charge is -2.31. The third kappa shape index (κ3) is 4.05. The van der Waals surface area contributed by atoms with Crippen molar-refractivity contribution in [1.82, 2.24) is 0 Å². The van der Waals surface area contributed by atoms with E-state index in [1.165, 1.54) is 5.57 Å². The molecule has 3 heteroatoms. The summed E-state index contributed by atoms with van der Waals surface area (Å²) in [5.41, 5.74) is 4.02. The van der Waals surface area contributed by atoms with Crippen molar-refractivity contribution < 1.29 is 10.2 Å². The van der Waals surface area contributed by atoms with E-state index in [2.05, 4.69) is 42.4 Å². The Labute approximate surface area is 154 Å². The molecule has 0 amide bonds. The minimum atomic E-state index is -0.0164. The molecule has 1 unspecified atom stereocenters. The Morgan fingerprint density at radius 3 is 2.67 bits per heavy atom. The van der Waals surface area contributed by atoms with Crippen molar-refractivity contribution in [3.63, 3.8) is 0 Å². The molecule has 1 aliphatic rings. The highest BCUT2D eigenvalue weighted by molar-refractivity contribution is 9.10. The molecule has 0 heterocycles. The first kappa shape index (κ1) is 19.1. The van der Waals surface area contributed by atoms with E-state index in [1.54, 1.807) is 0 Å². The predicted octanol–water partition coefficient (Wildman–Crippen LogP) is 6.61. The Hall–Kier alpha value is -1.22. The lowest BCUT2D eigenvalue weighted by Crippen LogP contribution is -2.17. The second-order valence-electron chi connectivity index (χ2n) is 7.12. The molecule has 0 bridgehead atoms. The highest BCUT2D eigenvalue weighted by Gasteiger charge is 2.31. The summed E-state index contributed by atoms with van der Waals surface area (Å²) < 4.78 is 0.725. The fraction of sp³-hybridized carbons (Fsp3) is 0.524. The van der Waals surface area contributed by atoms with Gasteiger partial charge in [0.05, 0.1) is 4.47 Å². The number of aryl methyl sites for hydroxylation is 1. The van der Waals surface area contributed by atoms with Crippen LogP contribution >= 0.6 is 15.9 Å². The topological polar surface area (TPSA) is 40.5 Å². The molecule has 2 atom stereocenters. The number of phenolic OH excluding ortho intramolecular Hbond substituents is 2. The third-order valence-corrected chi connectivity index (χ3v) is 5.98. The average molecular weight is 393 g/mol. The Morgan fingerprint density at radius 2 is 2.04 bits per heavy atom. The molecule has 2 rings (SSSR count). The molecule has 0 spiro atoms. The number of hydrogen-bond acceptors (Lipinski definition) is 2. The summed E-state index contributed by atoms with van der Waals surface area (Å²) in [6.45, 7) is 10.4. The van der Waals surface area contributed by atoms with Crippen LogP contribution in [0.5, 0.6) is 11.5 Å². The molecule has 2 N–H and O–H groups in total. The maximum absolute atomic E-state index is 10.8. The number of unbranched alkanes of at least 4 members (excludes halogenated alkanes) is 2. The molecular weight excluding hydrogens is 364 g/mol. The molecule has 0 radical (unpaired) electrons. The first-order valence-electron chi connectivity index (χ1n) is 8.92. The average Bonchev–Trinajstić information content (AvgIpc) is 2.52. The molecular formula is C21H29BrO2. The van der Waals surface area contributed by atoms with Crippen LogP contribution in [0.2, 0.25) is 0 Å². The molecule has 0 fully saturated rings. The highest BCUT2D eigenvalue weighted by atomic mass is 79.9. The largest absolute Gasteiger partial charge is 0.507 e. The van der Waals surface area contributed by atoms with E-state index < -0.39 is 0 Å². The van der Waals surface area contributed by atoms with Crippen molar-refractivity contribution in [3.05, 3.63) is 45.5 Å². The summed E-state index contributed by atoms with van der Waals surface area (Å²) in [6, 6.07) is 1.82. The molecule has 24 heavy (non-hydrogen) atoms. The van der Waals surface area contributed by atoms with E-state index in [4.69, 9.17) is 0 Å². The summed E-state index contributed by atoms with van der Waals surface area (Å²) in [5, 5.41) is 21.4. The molecule has 1 aromatic rings. The molecule has 2 nitrogen and oxygen atoms in total. The number of hydrogen-bond donors (Lipinski definition) is 2. The maximum Gasteiger partial charge on any atom is 0.137 e. The van der Waals surface area contributed by atoms with Gasteiger partial charge in [-0.3, -0.25) is 0 Å². The number of halogens is 1. The van der Waals surface area contributed by atoms with Gasteiger partial charge >= 0.3 is 0 Å². The smallest absolute Gasteiger partial charge is 0.137 e. The van der Waals surface area contributed by atoms with Crippen molar-refractivity contribution in [2.24, 2.45) is 5.92 Å². The molecule has 0 saturated heterocycles. The van der Waals surface area contributed by atoms with Gasteiger partial charge in [-0.1, -0.05) is 43.6 Å². The minimum absolute atomic E-state index is 0.0164. The first-order chi connectivity index (χ1) is 11.4. The summed E-state index contributed by atoms with van der Waals surface area (Å²) in [5.74, 6) is 0.619. The van der Waals surface area contributed by atoms with E-state index >= 15 is 0 Å². The number of aromatic hydroxyl groups is 2. The fourth-order valence-electron chi connectivity index (χ4n) is 3.68. The van der Waals surface area contributed by atoms with Crippen LogP contribution in [0.1, 0.15) is 69.9 Å². The van der Waals surface area contributed by atoms with Gasteiger partial charge in [-0.05, 0) is 73.0 Å². The van der Waals surface area contributed by atoms with E-state index in [-0.39, 0.29) is 23.3 Å². The summed E-state index contributed by atoms with van der Waals surface area (Å²) >= 11 is 3.55. The Balaban J connectivity index is 2.44. The lowest BCUT2D eigenvalue weighted by atomic mass is 9.73. The van der Waals surface area contributed by atoms with E-state index in [1.807, 2.05) is 13.0 Å². The standard InChI is InChI=1S/C21H29BrO2/c1-5-6-7-8-15-12-18(23)19(21(24)20(15)22)17-11-14(4)9-10-16(17)13(2)3/h11-12,16-17,23-24H,2,5-10H2,1,3-4H3/t16-,17?/m0/s1. The molecule has 0 saturated carbocycles. The van der Waals surface area contributed by atoms with Gasteiger partial charge < -0.3 is 10.2 Å². The van der Waals surface area contributed by atoms with E-state index in [9.17, 15) is 10.2 Å². The monoisotopic (exact) mass is 392 g/mol. The second kappa shape index (κ2) is 8.24. The number of phenols is 2. The van der Waals surface area contributed by atoms with Gasteiger partial charge in [0.2, 0.25) is 0 Å². The van der Waals surface area contributed by atoms with Crippen LogP contribution in [0.4, 0.5) is 0 Å². The summed E-state index contributed by atoms with van der Waals surface area (Å²) in [7, 11) is 0. The van der Waals surface area contributed by atoms with Gasteiger partial charge in [-0.15, -0.1) is 0 Å². The van der Waals surface area contributed by atoms with Crippen LogP contribution < -0.4 is 0 Å². The minimum Gasteiger partial charge on any atom is -0.507 e. The second-order valence-corrected chi connectivity index (χ2v) is 7.91. The van der Waals surface area contributed by atoms with Crippen LogP contribution in [0.15, 0.2) is 34.3 Å². The van der Waals surface area contributed by atoms with Crippen LogP contribution in [0, 0.1) is 5.92 Å². The highest BCUT2D eigenvalue weighted by Crippen LogP contribution is 2.49. The van der Waals surface area contributed by atoms with Crippen molar-refractivity contribution in [1.29, 1.82) is 0 Å². The van der Waals surface area contributed by atoms with Gasteiger partial charge in [-0.25, -0.2) is 0 Å². The SMILES string of the molecule is C=C(C)[C@@H]1CCC(C)=CC1c1c(O)cc(CCCCC)c(Br)c1O. The van der Waals surface area contributed by atoms with Gasteiger partial charge in [0.1, 0.15) is 11.5 Å². The number of benzene rings is 1. The molecule has 1 aliphatic carbocycles. The molecule has 132 valence electrons. The summed E-state index contributed by atoms with van der Waals surface area (Å²) in [4.78, 5) is 0. The Bertz CT molecular complexity index is 646. The van der Waals surface area contributed by atoms with Crippen LogP contribution in [0.3, 0.4) is 0 Å². The van der Waals surface area contributed by atoms with Crippen LogP contribution in [-0.4, -0.2) is 10.2 Å². The van der Waals surface area contributed by atoms with E-state index in [0.29, 0.717) is 5.56 Å². The Kier molecular flexibility index (Phi) is 6.56. The fourth-order valence-corrected chi connectivity index (χ4v) is 4.21. The number of allylic oxidation sites excluding steroid dienone is 3. The van der Waals surface area contributed by atoms with Gasteiger partial charge in [0.15, 0.2) is 0 Å². The van der Waals surface area contributed by atoms with Crippen molar-refractivity contribution in [2.45, 2.75) is 65.2 Å². The van der Waals surface area contributed by atoms with Crippen molar-refractivity contribution in [3.8, 4) is 11.5 Å². The lowest BCUT2D eigenvalue weighted by molar-refractivity contribution is 0.404. The van der Waals surface area contributed by atoms with Gasteiger partial charge in [-0.2, -0.15) is 0 Å². The Morgan fingerprint density at radius 1 is 1.33 bits per heavy atom. The first-order valence-corrected chi connectivity index (χ1v) is 9.72. The number of rotatable bonds is 6.